The van der Waals surface area contributed by atoms with Gasteiger partial charge in [-0.1, -0.05) is 25.0 Å². The molecule has 1 unspecified atom stereocenters. The average molecular weight is 374 g/mol. The van der Waals surface area contributed by atoms with Crippen LogP contribution < -0.4 is 16.0 Å². The number of nitrogens with one attached hydrogen (secondary N) is 1. The lowest BCUT2D eigenvalue weighted by atomic mass is 9.97. The van der Waals surface area contributed by atoms with Crippen LogP contribution in [0, 0.1) is 0 Å². The summed E-state index contributed by atoms with van der Waals surface area (Å²) in [6.07, 6.45) is 6.27. The summed E-state index contributed by atoms with van der Waals surface area (Å²) in [6, 6.07) is 8.52. The molecular formula is C18H29Cl2N3O. The molecule has 1 saturated carbocycles. The van der Waals surface area contributed by atoms with E-state index in [0.29, 0.717) is 0 Å². The molecule has 1 atom stereocenters. The Morgan fingerprint density at radius 1 is 1.17 bits per heavy atom. The van der Waals surface area contributed by atoms with Crippen LogP contribution in [0.15, 0.2) is 24.3 Å². The highest BCUT2D eigenvalue weighted by Crippen LogP contribution is 2.29. The zero-order valence-electron chi connectivity index (χ0n) is 14.3. The van der Waals surface area contributed by atoms with Gasteiger partial charge in [-0.25, -0.2) is 0 Å². The van der Waals surface area contributed by atoms with E-state index < -0.39 is 5.54 Å². The number of anilines is 1. The summed E-state index contributed by atoms with van der Waals surface area (Å²) in [4.78, 5) is 14.9. The molecule has 136 valence electrons. The van der Waals surface area contributed by atoms with E-state index in [9.17, 15) is 4.79 Å². The number of carbonyl (C=O) groups is 1. The third-order valence-electron chi connectivity index (χ3n) is 5.14. The van der Waals surface area contributed by atoms with Crippen LogP contribution in [0.1, 0.15) is 57.1 Å². The lowest BCUT2D eigenvalue weighted by Crippen LogP contribution is -2.52. The smallest absolute Gasteiger partial charge is 0.240 e. The number of amides is 1. The Morgan fingerprint density at radius 3 is 2.42 bits per heavy atom. The molecule has 6 heteroatoms. The van der Waals surface area contributed by atoms with Gasteiger partial charge < -0.3 is 16.0 Å². The normalized spacial score (nSPS) is 20.0. The number of nitrogens with two attached hydrogens (primary N) is 1. The van der Waals surface area contributed by atoms with Gasteiger partial charge in [0.05, 0.1) is 11.6 Å². The first-order valence-corrected chi connectivity index (χ1v) is 8.53. The van der Waals surface area contributed by atoms with Gasteiger partial charge in [-0.3, -0.25) is 4.79 Å². The maximum atomic E-state index is 12.4. The van der Waals surface area contributed by atoms with Gasteiger partial charge in [0.2, 0.25) is 5.91 Å². The first-order chi connectivity index (χ1) is 10.6. The van der Waals surface area contributed by atoms with Crippen LogP contribution in [0.3, 0.4) is 0 Å². The highest BCUT2D eigenvalue weighted by atomic mass is 35.5. The van der Waals surface area contributed by atoms with E-state index >= 15 is 0 Å². The molecule has 0 bridgehead atoms. The Kier molecular flexibility index (Phi) is 7.84. The molecule has 2 fully saturated rings. The number of benzene rings is 1. The zero-order chi connectivity index (χ0) is 15.6. The quantitative estimate of drug-likeness (QED) is 0.847. The monoisotopic (exact) mass is 373 g/mol. The molecule has 1 amide bonds. The highest BCUT2D eigenvalue weighted by Gasteiger charge is 2.37. The molecule has 1 aliphatic carbocycles. The first kappa shape index (κ1) is 21.1. The topological polar surface area (TPSA) is 58.4 Å². The van der Waals surface area contributed by atoms with E-state index in [1.54, 1.807) is 0 Å². The number of hydrogen-bond acceptors (Lipinski definition) is 3. The minimum absolute atomic E-state index is 0. The molecule has 0 aromatic heterocycles. The van der Waals surface area contributed by atoms with Crippen molar-refractivity contribution in [2.24, 2.45) is 5.73 Å². The third-order valence-corrected chi connectivity index (χ3v) is 5.14. The van der Waals surface area contributed by atoms with E-state index in [2.05, 4.69) is 34.5 Å². The number of halogens is 2. The second-order valence-corrected chi connectivity index (χ2v) is 6.85. The minimum Gasteiger partial charge on any atom is -0.372 e. The predicted molar refractivity (Wildman–Crippen MR) is 104 cm³/mol. The van der Waals surface area contributed by atoms with Gasteiger partial charge in [-0.05, 0) is 50.3 Å². The van der Waals surface area contributed by atoms with Crippen molar-refractivity contribution >= 4 is 36.4 Å². The van der Waals surface area contributed by atoms with E-state index in [1.807, 2.05) is 6.92 Å². The van der Waals surface area contributed by atoms with Crippen LogP contribution in [-0.2, 0) is 4.79 Å². The van der Waals surface area contributed by atoms with Gasteiger partial charge in [-0.15, -0.1) is 24.8 Å². The Bertz CT molecular complexity index is 541. The lowest BCUT2D eigenvalue weighted by Gasteiger charge is -2.26. The highest BCUT2D eigenvalue weighted by molar-refractivity contribution is 5.86. The van der Waals surface area contributed by atoms with E-state index in [4.69, 9.17) is 5.73 Å². The molecule has 24 heavy (non-hydrogen) atoms. The van der Waals surface area contributed by atoms with Crippen molar-refractivity contribution in [2.45, 2.75) is 57.0 Å². The Hall–Kier alpha value is -0.970. The summed E-state index contributed by atoms with van der Waals surface area (Å²) in [6.45, 7) is 4.31. The van der Waals surface area contributed by atoms with E-state index in [-0.39, 0.29) is 36.8 Å². The third kappa shape index (κ3) is 4.56. The molecule has 1 aromatic carbocycles. The summed E-state index contributed by atoms with van der Waals surface area (Å²) in [7, 11) is 0. The molecule has 0 spiro atoms. The number of carbonyl (C=O) groups excluding carboxylic acids is 1. The second kappa shape index (κ2) is 8.93. The van der Waals surface area contributed by atoms with E-state index in [0.717, 1.165) is 44.3 Å². The zero-order valence-corrected chi connectivity index (χ0v) is 15.9. The molecule has 1 heterocycles. The average Bonchev–Trinajstić information content (AvgIpc) is 3.19. The van der Waals surface area contributed by atoms with Gasteiger partial charge >= 0.3 is 0 Å². The summed E-state index contributed by atoms with van der Waals surface area (Å²) in [5.41, 5.74) is 8.00. The molecule has 3 rings (SSSR count). The fourth-order valence-corrected chi connectivity index (χ4v) is 3.62. The van der Waals surface area contributed by atoms with Gasteiger partial charge in [-0.2, -0.15) is 0 Å². The van der Waals surface area contributed by atoms with Crippen molar-refractivity contribution in [2.75, 3.05) is 18.0 Å². The van der Waals surface area contributed by atoms with Gasteiger partial charge in [0.25, 0.3) is 0 Å². The van der Waals surface area contributed by atoms with Crippen LogP contribution in [0.2, 0.25) is 0 Å². The Morgan fingerprint density at radius 2 is 1.79 bits per heavy atom. The van der Waals surface area contributed by atoms with Crippen LogP contribution in [-0.4, -0.2) is 24.5 Å². The summed E-state index contributed by atoms with van der Waals surface area (Å²) < 4.78 is 0. The van der Waals surface area contributed by atoms with Gasteiger partial charge in [0.1, 0.15) is 0 Å². The standard InChI is InChI=1S/C18H27N3O.2ClH/c1-14(20-17(22)18(19)9-2-3-10-18)15-7-6-8-16(13-15)21-11-4-5-12-21;;/h6-8,13-14H,2-5,9-12,19H2,1H3,(H,20,22);2*1H. The predicted octanol–water partition coefficient (Wildman–Crippen LogP) is 3.58. The maximum Gasteiger partial charge on any atom is 0.240 e. The van der Waals surface area contributed by atoms with Crippen molar-refractivity contribution in [3.05, 3.63) is 29.8 Å². The van der Waals surface area contributed by atoms with Crippen molar-refractivity contribution in [3.8, 4) is 0 Å². The van der Waals surface area contributed by atoms with Gasteiger partial charge in [0, 0.05) is 18.8 Å². The van der Waals surface area contributed by atoms with Crippen LogP contribution in [0.25, 0.3) is 0 Å². The molecule has 3 N–H and O–H groups in total. The second-order valence-electron chi connectivity index (χ2n) is 6.85. The molecule has 1 aromatic rings. The number of nitrogens with zero attached hydrogens (tertiary/aromatic N) is 1. The van der Waals surface area contributed by atoms with Crippen LogP contribution in [0.5, 0.6) is 0 Å². The first-order valence-electron chi connectivity index (χ1n) is 8.53. The summed E-state index contributed by atoms with van der Waals surface area (Å²) in [5.74, 6) is 0.00377. The van der Waals surface area contributed by atoms with Crippen molar-refractivity contribution in [3.63, 3.8) is 0 Å². The minimum atomic E-state index is -0.652. The van der Waals surface area contributed by atoms with Crippen LogP contribution in [0.4, 0.5) is 5.69 Å². The molecule has 0 radical (unpaired) electrons. The number of rotatable bonds is 4. The molecule has 1 aliphatic heterocycles. The van der Waals surface area contributed by atoms with E-state index in [1.165, 1.54) is 18.5 Å². The fourth-order valence-electron chi connectivity index (χ4n) is 3.62. The van der Waals surface area contributed by atoms with Crippen molar-refractivity contribution < 1.29 is 4.79 Å². The molecular weight excluding hydrogens is 345 g/mol. The lowest BCUT2D eigenvalue weighted by molar-refractivity contribution is -0.126. The Labute approximate surface area is 157 Å². The maximum absolute atomic E-state index is 12.4. The largest absolute Gasteiger partial charge is 0.372 e. The fraction of sp³-hybridized carbons (Fsp3) is 0.611. The molecule has 1 saturated heterocycles. The Balaban J connectivity index is 0.00000144. The number of hydrogen-bond donors (Lipinski definition) is 2. The summed E-state index contributed by atoms with van der Waals surface area (Å²) in [5, 5.41) is 3.11. The molecule has 2 aliphatic rings. The SMILES string of the molecule is CC(NC(=O)C1(N)CCCC1)c1cccc(N2CCCC2)c1.Cl.Cl. The van der Waals surface area contributed by atoms with Crippen molar-refractivity contribution in [1.29, 1.82) is 0 Å². The van der Waals surface area contributed by atoms with Crippen LogP contribution >= 0.6 is 24.8 Å². The molecule has 4 nitrogen and oxygen atoms in total. The van der Waals surface area contributed by atoms with Crippen molar-refractivity contribution in [1.82, 2.24) is 5.32 Å². The van der Waals surface area contributed by atoms with Gasteiger partial charge in [0.15, 0.2) is 0 Å². The summed E-state index contributed by atoms with van der Waals surface area (Å²) >= 11 is 0.